The summed E-state index contributed by atoms with van der Waals surface area (Å²) in [4.78, 5) is 18.0. The van der Waals surface area contributed by atoms with Crippen molar-refractivity contribution < 1.29 is 9.53 Å². The van der Waals surface area contributed by atoms with Crippen LogP contribution >= 0.6 is 27.3 Å². The zero-order valence-electron chi connectivity index (χ0n) is 14.5. The second-order valence-corrected chi connectivity index (χ2v) is 7.72. The monoisotopic (exact) mass is 441 g/mol. The van der Waals surface area contributed by atoms with Gasteiger partial charge in [0.15, 0.2) is 4.96 Å². The fourth-order valence-corrected chi connectivity index (χ4v) is 4.06. The first kappa shape index (κ1) is 17.8. The number of methoxy groups -OCH3 is 1. The summed E-state index contributed by atoms with van der Waals surface area (Å²) in [6, 6.07) is 15.3. The molecule has 2 aromatic carbocycles. The van der Waals surface area contributed by atoms with Crippen molar-refractivity contribution in [2.24, 2.45) is 0 Å². The van der Waals surface area contributed by atoms with Crippen LogP contribution < -0.4 is 10.1 Å². The van der Waals surface area contributed by atoms with Crippen molar-refractivity contribution in [3.8, 4) is 17.0 Å². The number of ether oxygens (including phenoxy) is 1. The maximum Gasteiger partial charge on any atom is 0.230 e. The molecule has 136 valence electrons. The number of nitrogens with zero attached hydrogens (tertiary/aromatic N) is 2. The molecule has 0 radical (unpaired) electrons. The van der Waals surface area contributed by atoms with Gasteiger partial charge in [-0.05, 0) is 36.4 Å². The lowest BCUT2D eigenvalue weighted by Gasteiger charge is -2.06. The van der Waals surface area contributed by atoms with Gasteiger partial charge in [0, 0.05) is 33.0 Å². The van der Waals surface area contributed by atoms with Crippen LogP contribution in [0.1, 0.15) is 5.69 Å². The van der Waals surface area contributed by atoms with Gasteiger partial charge < -0.3 is 10.1 Å². The van der Waals surface area contributed by atoms with Gasteiger partial charge in [-0.3, -0.25) is 9.20 Å². The van der Waals surface area contributed by atoms with Crippen LogP contribution in [-0.2, 0) is 11.2 Å². The number of imidazole rings is 1. The third-order valence-electron chi connectivity index (χ3n) is 4.12. The van der Waals surface area contributed by atoms with E-state index in [1.807, 2.05) is 64.5 Å². The number of thiazole rings is 1. The van der Waals surface area contributed by atoms with Crippen molar-refractivity contribution in [3.05, 3.63) is 70.3 Å². The summed E-state index contributed by atoms with van der Waals surface area (Å²) in [5.41, 5.74) is 3.58. The molecule has 0 atom stereocenters. The van der Waals surface area contributed by atoms with E-state index >= 15 is 0 Å². The summed E-state index contributed by atoms with van der Waals surface area (Å²) in [6.07, 6.45) is 2.25. The molecule has 4 aromatic rings. The van der Waals surface area contributed by atoms with E-state index in [4.69, 9.17) is 4.74 Å². The Morgan fingerprint density at radius 2 is 2.07 bits per heavy atom. The minimum absolute atomic E-state index is 0.0717. The molecule has 7 heteroatoms. The molecule has 1 amide bonds. The fourth-order valence-electron chi connectivity index (χ4n) is 2.79. The minimum atomic E-state index is -0.0717. The standard InChI is InChI=1S/C20H16BrN3O2S/c1-26-17-7-5-15(6-8-17)22-19(25)10-16-12-27-20-23-18(11-24(16)20)13-3-2-4-14(21)9-13/h2-9,11-12H,10H2,1H3,(H,22,25). The highest BCUT2D eigenvalue weighted by atomic mass is 79.9. The van der Waals surface area contributed by atoms with Crippen LogP contribution in [0.2, 0.25) is 0 Å². The lowest BCUT2D eigenvalue weighted by molar-refractivity contribution is -0.115. The molecule has 0 aliphatic rings. The first-order chi connectivity index (χ1) is 13.1. The Balaban J connectivity index is 1.52. The molecule has 0 saturated heterocycles. The van der Waals surface area contributed by atoms with Crippen molar-refractivity contribution in [1.29, 1.82) is 0 Å². The quantitative estimate of drug-likeness (QED) is 0.473. The molecule has 0 fully saturated rings. The highest BCUT2D eigenvalue weighted by Gasteiger charge is 2.13. The second kappa shape index (κ2) is 7.54. The lowest BCUT2D eigenvalue weighted by atomic mass is 10.2. The zero-order valence-corrected chi connectivity index (χ0v) is 16.9. The van der Waals surface area contributed by atoms with E-state index in [0.29, 0.717) is 0 Å². The van der Waals surface area contributed by atoms with Crippen LogP contribution in [0, 0.1) is 0 Å². The molecule has 0 aliphatic heterocycles. The number of amides is 1. The summed E-state index contributed by atoms with van der Waals surface area (Å²) in [5, 5.41) is 4.89. The van der Waals surface area contributed by atoms with E-state index in [1.54, 1.807) is 7.11 Å². The Hall–Kier alpha value is -2.64. The van der Waals surface area contributed by atoms with E-state index in [-0.39, 0.29) is 12.3 Å². The minimum Gasteiger partial charge on any atom is -0.497 e. The summed E-state index contributed by atoms with van der Waals surface area (Å²) >= 11 is 5.02. The van der Waals surface area contributed by atoms with Gasteiger partial charge in [0.05, 0.1) is 19.2 Å². The second-order valence-electron chi connectivity index (χ2n) is 5.97. The number of nitrogens with one attached hydrogen (secondary N) is 1. The average molecular weight is 442 g/mol. The Kier molecular flexibility index (Phi) is 4.96. The predicted octanol–water partition coefficient (Wildman–Crippen LogP) is 5.02. The number of hydrogen-bond donors (Lipinski definition) is 1. The maximum atomic E-state index is 12.4. The summed E-state index contributed by atoms with van der Waals surface area (Å²) in [5.74, 6) is 0.684. The number of hydrogen-bond acceptors (Lipinski definition) is 4. The van der Waals surface area contributed by atoms with E-state index in [0.717, 1.165) is 37.8 Å². The number of anilines is 1. The van der Waals surface area contributed by atoms with Gasteiger partial charge in [-0.2, -0.15) is 0 Å². The van der Waals surface area contributed by atoms with Gasteiger partial charge in [0.1, 0.15) is 5.75 Å². The molecular formula is C20H16BrN3O2S. The third-order valence-corrected chi connectivity index (χ3v) is 5.50. The van der Waals surface area contributed by atoms with E-state index in [2.05, 4.69) is 26.2 Å². The van der Waals surface area contributed by atoms with E-state index in [9.17, 15) is 4.79 Å². The molecule has 27 heavy (non-hydrogen) atoms. The Labute approximate surface area is 168 Å². The molecule has 2 heterocycles. The van der Waals surface area contributed by atoms with Gasteiger partial charge in [0.25, 0.3) is 0 Å². The molecule has 0 unspecified atom stereocenters. The molecule has 5 nitrogen and oxygen atoms in total. The molecule has 1 N–H and O–H groups in total. The molecule has 2 aromatic heterocycles. The number of carbonyl (C=O) groups excluding carboxylic acids is 1. The number of benzene rings is 2. The van der Waals surface area contributed by atoms with Crippen molar-refractivity contribution in [2.45, 2.75) is 6.42 Å². The zero-order chi connectivity index (χ0) is 18.8. The highest BCUT2D eigenvalue weighted by molar-refractivity contribution is 9.10. The first-order valence-electron chi connectivity index (χ1n) is 8.28. The van der Waals surface area contributed by atoms with Gasteiger partial charge in [-0.25, -0.2) is 4.98 Å². The molecule has 0 spiro atoms. The Bertz CT molecular complexity index is 1100. The van der Waals surface area contributed by atoms with Crippen molar-refractivity contribution >= 4 is 43.8 Å². The number of fused-ring (bicyclic) bond motifs is 1. The van der Waals surface area contributed by atoms with Crippen molar-refractivity contribution in [1.82, 2.24) is 9.38 Å². The SMILES string of the molecule is COc1ccc(NC(=O)Cc2csc3nc(-c4cccc(Br)c4)cn23)cc1. The van der Waals surface area contributed by atoms with E-state index < -0.39 is 0 Å². The van der Waals surface area contributed by atoms with Crippen LogP contribution in [-0.4, -0.2) is 22.4 Å². The highest BCUT2D eigenvalue weighted by Crippen LogP contribution is 2.26. The summed E-state index contributed by atoms with van der Waals surface area (Å²) in [7, 11) is 1.61. The van der Waals surface area contributed by atoms with Crippen LogP contribution in [0.5, 0.6) is 5.75 Å². The van der Waals surface area contributed by atoms with Gasteiger partial charge in [-0.1, -0.05) is 28.1 Å². The normalized spacial score (nSPS) is 10.9. The number of aromatic nitrogens is 2. The molecular weight excluding hydrogens is 426 g/mol. The predicted molar refractivity (Wildman–Crippen MR) is 112 cm³/mol. The smallest absolute Gasteiger partial charge is 0.230 e. The van der Waals surface area contributed by atoms with Crippen LogP contribution in [0.3, 0.4) is 0 Å². The van der Waals surface area contributed by atoms with Crippen molar-refractivity contribution in [2.75, 3.05) is 12.4 Å². The number of carbonyl (C=O) groups is 1. The van der Waals surface area contributed by atoms with Crippen LogP contribution in [0.25, 0.3) is 16.2 Å². The van der Waals surface area contributed by atoms with Gasteiger partial charge in [-0.15, -0.1) is 11.3 Å². The third kappa shape index (κ3) is 3.89. The maximum absolute atomic E-state index is 12.4. The van der Waals surface area contributed by atoms with Crippen LogP contribution in [0.15, 0.2) is 64.6 Å². The Morgan fingerprint density at radius 1 is 1.26 bits per heavy atom. The van der Waals surface area contributed by atoms with Gasteiger partial charge >= 0.3 is 0 Å². The fraction of sp³-hybridized carbons (Fsp3) is 0.100. The van der Waals surface area contributed by atoms with Gasteiger partial charge in [0.2, 0.25) is 5.91 Å². The summed E-state index contributed by atoms with van der Waals surface area (Å²) < 4.78 is 8.12. The molecule has 0 aliphatic carbocycles. The van der Waals surface area contributed by atoms with Crippen LogP contribution in [0.4, 0.5) is 5.69 Å². The Morgan fingerprint density at radius 3 is 2.81 bits per heavy atom. The van der Waals surface area contributed by atoms with E-state index in [1.165, 1.54) is 11.3 Å². The molecule has 0 bridgehead atoms. The molecule has 0 saturated carbocycles. The number of halogens is 1. The molecule has 4 rings (SSSR count). The summed E-state index contributed by atoms with van der Waals surface area (Å²) in [6.45, 7) is 0. The first-order valence-corrected chi connectivity index (χ1v) is 9.95. The topological polar surface area (TPSA) is 55.6 Å². The van der Waals surface area contributed by atoms with Crippen molar-refractivity contribution in [3.63, 3.8) is 0 Å². The largest absolute Gasteiger partial charge is 0.497 e. The number of rotatable bonds is 5. The lowest BCUT2D eigenvalue weighted by Crippen LogP contribution is -2.15. The average Bonchev–Trinajstić information content (AvgIpc) is 3.24.